The zero-order chi connectivity index (χ0) is 26.2. The number of aryl methyl sites for hydroxylation is 1. The van der Waals surface area contributed by atoms with Crippen LogP contribution in [0.2, 0.25) is 0 Å². The lowest BCUT2D eigenvalue weighted by Crippen LogP contribution is -2.06. The van der Waals surface area contributed by atoms with Gasteiger partial charge in [-0.25, -0.2) is 13.9 Å². The van der Waals surface area contributed by atoms with E-state index >= 15 is 0 Å². The number of carboxylic acids is 1. The summed E-state index contributed by atoms with van der Waals surface area (Å²) in [5.41, 5.74) is 5.25. The molecule has 0 radical (unpaired) electrons. The molecule has 0 bridgehead atoms. The van der Waals surface area contributed by atoms with Crippen LogP contribution in [0.3, 0.4) is 0 Å². The van der Waals surface area contributed by atoms with Crippen molar-refractivity contribution in [2.24, 2.45) is 7.05 Å². The summed E-state index contributed by atoms with van der Waals surface area (Å²) in [5.74, 6) is -0.493. The van der Waals surface area contributed by atoms with E-state index < -0.39 is 5.97 Å². The first-order valence-corrected chi connectivity index (χ1v) is 12.2. The van der Waals surface area contributed by atoms with Gasteiger partial charge in [-0.2, -0.15) is 5.10 Å². The molecule has 0 spiro atoms. The van der Waals surface area contributed by atoms with Crippen molar-refractivity contribution >= 4 is 5.97 Å². The molecule has 9 heteroatoms. The van der Waals surface area contributed by atoms with Crippen molar-refractivity contribution < 1.29 is 19.0 Å². The van der Waals surface area contributed by atoms with Gasteiger partial charge in [0.05, 0.1) is 23.3 Å². The molecule has 1 fully saturated rings. The molecule has 1 aliphatic carbocycles. The molecule has 1 saturated carbocycles. The fourth-order valence-electron chi connectivity index (χ4n) is 4.77. The molecule has 6 rings (SSSR count). The summed E-state index contributed by atoms with van der Waals surface area (Å²) in [5, 5.41) is 22.6. The van der Waals surface area contributed by atoms with E-state index in [-0.39, 0.29) is 23.2 Å². The highest BCUT2D eigenvalue weighted by Crippen LogP contribution is 2.55. The molecule has 1 aliphatic rings. The molecular formula is C29H24FN5O3. The van der Waals surface area contributed by atoms with E-state index in [0.717, 1.165) is 34.5 Å². The Balaban J connectivity index is 1.28. The molecule has 3 aromatic carbocycles. The first-order chi connectivity index (χ1) is 18.5. The Labute approximate surface area is 217 Å². The minimum Gasteiger partial charge on any atom is -0.489 e. The largest absolute Gasteiger partial charge is 0.489 e. The summed E-state index contributed by atoms with van der Waals surface area (Å²) in [6.07, 6.45) is 4.08. The third-order valence-electron chi connectivity index (χ3n) is 6.76. The van der Waals surface area contributed by atoms with Crippen molar-refractivity contribution in [3.8, 4) is 22.6 Å². The van der Waals surface area contributed by atoms with Crippen LogP contribution in [-0.2, 0) is 13.7 Å². The fraction of sp³-hybridized carbons (Fsp3) is 0.172. The number of carboxylic acid groups (broad SMARTS) is 1. The second-order valence-corrected chi connectivity index (χ2v) is 9.42. The van der Waals surface area contributed by atoms with Crippen molar-refractivity contribution in [1.29, 1.82) is 0 Å². The Kier molecular flexibility index (Phi) is 5.95. The fourth-order valence-corrected chi connectivity index (χ4v) is 4.77. The minimum atomic E-state index is -1.00. The Morgan fingerprint density at radius 3 is 2.55 bits per heavy atom. The van der Waals surface area contributed by atoms with Gasteiger partial charge in [0.25, 0.3) is 0 Å². The van der Waals surface area contributed by atoms with Gasteiger partial charge in [-0.3, -0.25) is 4.68 Å². The average Bonchev–Trinajstić information content (AvgIpc) is 3.37. The van der Waals surface area contributed by atoms with Gasteiger partial charge in [0.15, 0.2) is 0 Å². The number of hydrogen-bond acceptors (Lipinski definition) is 5. The summed E-state index contributed by atoms with van der Waals surface area (Å²) in [6, 6.07) is 21.8. The van der Waals surface area contributed by atoms with E-state index in [1.54, 1.807) is 21.5 Å². The number of nitrogens with zero attached hydrogens (tertiary/aromatic N) is 5. The molecule has 2 unspecified atom stereocenters. The predicted molar refractivity (Wildman–Crippen MR) is 138 cm³/mol. The molecule has 0 aliphatic heterocycles. The Morgan fingerprint density at radius 1 is 1.05 bits per heavy atom. The molecule has 2 atom stereocenters. The summed E-state index contributed by atoms with van der Waals surface area (Å²) in [7, 11) is 1.81. The van der Waals surface area contributed by atoms with E-state index in [1.165, 1.54) is 18.3 Å². The van der Waals surface area contributed by atoms with E-state index in [0.29, 0.717) is 18.1 Å². The van der Waals surface area contributed by atoms with E-state index in [2.05, 4.69) is 15.4 Å². The van der Waals surface area contributed by atoms with E-state index in [1.807, 2.05) is 61.8 Å². The van der Waals surface area contributed by atoms with E-state index in [4.69, 9.17) is 4.74 Å². The van der Waals surface area contributed by atoms with Crippen LogP contribution in [0.25, 0.3) is 16.8 Å². The van der Waals surface area contributed by atoms with Crippen molar-refractivity contribution in [3.05, 3.63) is 114 Å². The lowest BCUT2D eigenvalue weighted by Gasteiger charge is -2.12. The highest BCUT2D eigenvalue weighted by atomic mass is 19.1. The Morgan fingerprint density at radius 2 is 1.82 bits per heavy atom. The van der Waals surface area contributed by atoms with Gasteiger partial charge in [0, 0.05) is 25.1 Å². The smallest absolute Gasteiger partial charge is 0.339 e. The van der Waals surface area contributed by atoms with Crippen LogP contribution in [-0.4, -0.2) is 35.9 Å². The van der Waals surface area contributed by atoms with Crippen LogP contribution in [0.15, 0.2) is 85.2 Å². The number of aromatic carboxylic acids is 1. The van der Waals surface area contributed by atoms with Crippen molar-refractivity contribution in [1.82, 2.24) is 24.8 Å². The summed E-state index contributed by atoms with van der Waals surface area (Å²) < 4.78 is 22.5. The molecule has 38 heavy (non-hydrogen) atoms. The van der Waals surface area contributed by atoms with Crippen LogP contribution >= 0.6 is 0 Å². The number of ether oxygens (including phenoxy) is 1. The molecule has 2 aromatic heterocycles. The number of halogens is 1. The average molecular weight is 510 g/mol. The number of rotatable bonds is 8. The second kappa shape index (κ2) is 9.59. The normalized spacial score (nSPS) is 16.4. The van der Waals surface area contributed by atoms with Gasteiger partial charge in [-0.1, -0.05) is 41.6 Å². The van der Waals surface area contributed by atoms with Crippen LogP contribution in [0.4, 0.5) is 4.39 Å². The zero-order valence-corrected chi connectivity index (χ0v) is 20.5. The molecular weight excluding hydrogens is 485 g/mol. The maximum absolute atomic E-state index is 13.2. The first kappa shape index (κ1) is 23.6. The maximum atomic E-state index is 13.2. The lowest BCUT2D eigenvalue weighted by molar-refractivity contribution is 0.0695. The van der Waals surface area contributed by atoms with Gasteiger partial charge < -0.3 is 9.84 Å². The van der Waals surface area contributed by atoms with Crippen LogP contribution in [0, 0.1) is 5.82 Å². The summed E-state index contributed by atoms with van der Waals surface area (Å²) in [6.45, 7) is 0.326. The maximum Gasteiger partial charge on any atom is 0.339 e. The third kappa shape index (κ3) is 4.66. The van der Waals surface area contributed by atoms with Gasteiger partial charge >= 0.3 is 5.97 Å². The second-order valence-electron chi connectivity index (χ2n) is 9.42. The molecule has 0 saturated heterocycles. The topological polar surface area (TPSA) is 95.1 Å². The molecule has 190 valence electrons. The third-order valence-corrected chi connectivity index (χ3v) is 6.76. The van der Waals surface area contributed by atoms with Gasteiger partial charge in [0.2, 0.25) is 0 Å². The first-order valence-electron chi connectivity index (χ1n) is 12.2. The highest BCUT2D eigenvalue weighted by molar-refractivity contribution is 5.89. The van der Waals surface area contributed by atoms with Gasteiger partial charge in [-0.15, -0.1) is 5.10 Å². The molecule has 8 nitrogen and oxygen atoms in total. The number of hydrogen-bond donors (Lipinski definition) is 1. The molecule has 0 amide bonds. The molecule has 5 aromatic rings. The van der Waals surface area contributed by atoms with Crippen molar-refractivity contribution in [3.63, 3.8) is 0 Å². The van der Waals surface area contributed by atoms with Crippen LogP contribution in [0.1, 0.15) is 45.6 Å². The zero-order valence-electron chi connectivity index (χ0n) is 20.5. The highest BCUT2D eigenvalue weighted by Gasteiger charge is 2.46. The van der Waals surface area contributed by atoms with Crippen molar-refractivity contribution in [2.75, 3.05) is 0 Å². The van der Waals surface area contributed by atoms with E-state index in [9.17, 15) is 14.3 Å². The predicted octanol–water partition coefficient (Wildman–Crippen LogP) is 5.36. The minimum absolute atomic E-state index is 0.00727. The quantitative estimate of drug-likeness (QED) is 0.303. The van der Waals surface area contributed by atoms with Gasteiger partial charge in [-0.05, 0) is 59.5 Å². The molecule has 2 heterocycles. The Bertz CT molecular complexity index is 1630. The number of aromatic nitrogens is 5. The monoisotopic (exact) mass is 509 g/mol. The van der Waals surface area contributed by atoms with Crippen LogP contribution < -0.4 is 4.74 Å². The molecule has 1 N–H and O–H groups in total. The number of benzene rings is 3. The standard InChI is InChI=1S/C29H24FN5O3/c1-34-16-27(32-33-34)24-14-25(24)28-26(29(36)37)15-31-35(28)22-6-2-4-19(12-22)20-5-3-7-23(13-20)38-17-18-8-10-21(30)11-9-18/h2-13,15-16,24-25H,14,17H2,1H3,(H,36,37). The summed E-state index contributed by atoms with van der Waals surface area (Å²) in [4.78, 5) is 12.0. The Hall–Kier alpha value is -4.79. The number of carbonyl (C=O) groups is 1. The SMILES string of the molecule is Cn1cc(C2CC2c2c(C(=O)O)cnn2-c2cccc(-c3cccc(OCc4ccc(F)cc4)c3)c2)nn1. The lowest BCUT2D eigenvalue weighted by atomic mass is 10.0. The van der Waals surface area contributed by atoms with Crippen molar-refractivity contribution in [2.45, 2.75) is 24.9 Å². The van der Waals surface area contributed by atoms with Crippen LogP contribution in [0.5, 0.6) is 5.75 Å². The van der Waals surface area contributed by atoms with Gasteiger partial charge in [0.1, 0.15) is 23.7 Å². The summed E-state index contributed by atoms with van der Waals surface area (Å²) >= 11 is 0.